The highest BCUT2D eigenvalue weighted by Gasteiger charge is 2.19. The van der Waals surface area contributed by atoms with Crippen LogP contribution in [0.3, 0.4) is 0 Å². The molecule has 0 aliphatic carbocycles. The zero-order valence-electron chi connectivity index (χ0n) is 9.92. The summed E-state index contributed by atoms with van der Waals surface area (Å²) in [5, 5.41) is 2.92. The first-order chi connectivity index (χ1) is 7.72. The third kappa shape index (κ3) is 2.15. The minimum absolute atomic E-state index is 0.189. The summed E-state index contributed by atoms with van der Waals surface area (Å²) in [6, 6.07) is 6.07. The van der Waals surface area contributed by atoms with E-state index in [0.29, 0.717) is 6.54 Å². The number of hydrogen-bond acceptors (Lipinski definition) is 3. The maximum Gasteiger partial charge on any atom is 0.176 e. The van der Waals surface area contributed by atoms with Crippen molar-refractivity contribution in [3.05, 3.63) is 34.9 Å². The Morgan fingerprint density at radius 2 is 2.31 bits per heavy atom. The molecule has 0 atom stereocenters. The summed E-state index contributed by atoms with van der Waals surface area (Å²) in [5.41, 5.74) is 3.44. The Labute approximate surface area is 96.5 Å². The Bertz CT molecular complexity index is 401. The standard InChI is InChI=1S/C13H18N2O/c1-14-8-13(16)11-5-3-4-10-6-7-15(2)9-12(10)11/h3-5,14H,6-9H2,1-2H3. The molecule has 86 valence electrons. The largest absolute Gasteiger partial charge is 0.313 e. The van der Waals surface area contributed by atoms with Gasteiger partial charge in [-0.25, -0.2) is 0 Å². The molecule has 0 bridgehead atoms. The number of hydrogen-bond donors (Lipinski definition) is 1. The van der Waals surface area contributed by atoms with Crippen molar-refractivity contribution in [3.63, 3.8) is 0 Å². The van der Waals surface area contributed by atoms with Gasteiger partial charge in [-0.3, -0.25) is 4.79 Å². The van der Waals surface area contributed by atoms with Gasteiger partial charge in [0.15, 0.2) is 5.78 Å². The molecular weight excluding hydrogens is 200 g/mol. The first-order valence-electron chi connectivity index (χ1n) is 5.69. The Balaban J connectivity index is 2.35. The summed E-state index contributed by atoms with van der Waals surface area (Å²) in [4.78, 5) is 14.2. The van der Waals surface area contributed by atoms with Crippen LogP contribution in [0.2, 0.25) is 0 Å². The predicted molar refractivity (Wildman–Crippen MR) is 64.7 cm³/mol. The first kappa shape index (κ1) is 11.3. The number of likely N-dealkylation sites (N-methyl/N-ethyl adjacent to an activating group) is 2. The lowest BCUT2D eigenvalue weighted by Gasteiger charge is -2.26. The molecule has 0 spiro atoms. The molecule has 3 heteroatoms. The van der Waals surface area contributed by atoms with Crippen molar-refractivity contribution in [2.24, 2.45) is 0 Å². The fraction of sp³-hybridized carbons (Fsp3) is 0.462. The molecule has 2 rings (SSSR count). The molecule has 3 nitrogen and oxygen atoms in total. The smallest absolute Gasteiger partial charge is 0.176 e. The average molecular weight is 218 g/mol. The van der Waals surface area contributed by atoms with Gasteiger partial charge in [0.2, 0.25) is 0 Å². The molecule has 1 aromatic rings. The Morgan fingerprint density at radius 1 is 1.50 bits per heavy atom. The summed E-state index contributed by atoms with van der Waals surface area (Å²) < 4.78 is 0. The quantitative estimate of drug-likeness (QED) is 0.770. The lowest BCUT2D eigenvalue weighted by molar-refractivity contribution is 0.0991. The van der Waals surface area contributed by atoms with Crippen LogP contribution < -0.4 is 5.32 Å². The van der Waals surface area contributed by atoms with Crippen molar-refractivity contribution in [2.75, 3.05) is 27.2 Å². The molecule has 1 aliphatic rings. The zero-order chi connectivity index (χ0) is 11.5. The number of carbonyl (C=O) groups is 1. The Kier molecular flexibility index (Phi) is 3.36. The molecule has 1 aliphatic heterocycles. The van der Waals surface area contributed by atoms with Gasteiger partial charge in [-0.15, -0.1) is 0 Å². The van der Waals surface area contributed by atoms with E-state index in [1.54, 1.807) is 7.05 Å². The maximum atomic E-state index is 11.9. The molecule has 0 saturated heterocycles. The monoisotopic (exact) mass is 218 g/mol. The fourth-order valence-corrected chi connectivity index (χ4v) is 2.23. The van der Waals surface area contributed by atoms with Crippen LogP contribution in [0.15, 0.2) is 18.2 Å². The van der Waals surface area contributed by atoms with Gasteiger partial charge in [-0.1, -0.05) is 18.2 Å². The minimum atomic E-state index is 0.189. The van der Waals surface area contributed by atoms with E-state index in [0.717, 1.165) is 25.1 Å². The molecule has 1 N–H and O–H groups in total. The van der Waals surface area contributed by atoms with Crippen LogP contribution in [0.5, 0.6) is 0 Å². The van der Waals surface area contributed by atoms with E-state index in [4.69, 9.17) is 0 Å². The van der Waals surface area contributed by atoms with Crippen molar-refractivity contribution in [1.82, 2.24) is 10.2 Å². The van der Waals surface area contributed by atoms with Gasteiger partial charge in [-0.05, 0) is 31.6 Å². The highest BCUT2D eigenvalue weighted by molar-refractivity contribution is 5.99. The molecule has 0 unspecified atom stereocenters. The van der Waals surface area contributed by atoms with E-state index < -0.39 is 0 Å². The molecular formula is C13H18N2O. The van der Waals surface area contributed by atoms with Crippen LogP contribution in [0.1, 0.15) is 21.5 Å². The van der Waals surface area contributed by atoms with Crippen molar-refractivity contribution in [3.8, 4) is 0 Å². The van der Waals surface area contributed by atoms with Gasteiger partial charge >= 0.3 is 0 Å². The number of nitrogens with zero attached hydrogens (tertiary/aromatic N) is 1. The average Bonchev–Trinajstić information content (AvgIpc) is 2.28. The number of Topliss-reactive ketones (excluding diaryl/α,β-unsaturated/α-hetero) is 1. The minimum Gasteiger partial charge on any atom is -0.313 e. The first-order valence-corrected chi connectivity index (χ1v) is 5.69. The molecule has 1 heterocycles. The molecule has 0 radical (unpaired) electrons. The van der Waals surface area contributed by atoms with Crippen molar-refractivity contribution < 1.29 is 4.79 Å². The van der Waals surface area contributed by atoms with Gasteiger partial charge < -0.3 is 10.2 Å². The molecule has 0 amide bonds. The van der Waals surface area contributed by atoms with Gasteiger partial charge in [0.25, 0.3) is 0 Å². The van der Waals surface area contributed by atoms with Crippen molar-refractivity contribution in [2.45, 2.75) is 13.0 Å². The number of ketones is 1. The lowest BCUT2D eigenvalue weighted by Crippen LogP contribution is -2.29. The molecule has 0 fully saturated rings. The summed E-state index contributed by atoms with van der Waals surface area (Å²) in [5.74, 6) is 0.189. The number of nitrogens with one attached hydrogen (secondary N) is 1. The van der Waals surface area contributed by atoms with Gasteiger partial charge in [0, 0.05) is 18.7 Å². The van der Waals surface area contributed by atoms with E-state index in [9.17, 15) is 4.79 Å². The van der Waals surface area contributed by atoms with Gasteiger partial charge in [-0.2, -0.15) is 0 Å². The van der Waals surface area contributed by atoms with E-state index >= 15 is 0 Å². The number of fused-ring (bicyclic) bond motifs is 1. The molecule has 1 aromatic carbocycles. The number of benzene rings is 1. The number of carbonyl (C=O) groups excluding carboxylic acids is 1. The van der Waals surface area contributed by atoms with Crippen LogP contribution in [0, 0.1) is 0 Å². The van der Waals surface area contributed by atoms with Crippen LogP contribution in [0.25, 0.3) is 0 Å². The predicted octanol–water partition coefficient (Wildman–Crippen LogP) is 1.08. The fourth-order valence-electron chi connectivity index (χ4n) is 2.23. The maximum absolute atomic E-state index is 11.9. The van der Waals surface area contributed by atoms with Crippen LogP contribution in [-0.4, -0.2) is 37.9 Å². The zero-order valence-corrected chi connectivity index (χ0v) is 9.92. The summed E-state index contributed by atoms with van der Waals surface area (Å²) in [6.45, 7) is 2.39. The summed E-state index contributed by atoms with van der Waals surface area (Å²) in [6.07, 6.45) is 1.05. The van der Waals surface area contributed by atoms with Gasteiger partial charge in [0.05, 0.1) is 6.54 Å². The second-order valence-corrected chi connectivity index (χ2v) is 4.38. The second kappa shape index (κ2) is 4.76. The Morgan fingerprint density at radius 3 is 3.06 bits per heavy atom. The van der Waals surface area contributed by atoms with E-state index in [1.807, 2.05) is 12.1 Å². The summed E-state index contributed by atoms with van der Waals surface area (Å²) >= 11 is 0. The molecule has 0 aromatic heterocycles. The van der Waals surface area contributed by atoms with E-state index in [1.165, 1.54) is 11.1 Å². The Hall–Kier alpha value is -1.19. The third-order valence-electron chi connectivity index (χ3n) is 3.10. The molecule has 0 saturated carbocycles. The van der Waals surface area contributed by atoms with Crippen molar-refractivity contribution in [1.29, 1.82) is 0 Å². The van der Waals surface area contributed by atoms with E-state index in [2.05, 4.69) is 23.3 Å². The topological polar surface area (TPSA) is 32.3 Å². The molecule has 16 heavy (non-hydrogen) atoms. The number of rotatable bonds is 3. The second-order valence-electron chi connectivity index (χ2n) is 4.38. The van der Waals surface area contributed by atoms with Crippen LogP contribution in [-0.2, 0) is 13.0 Å². The lowest BCUT2D eigenvalue weighted by atomic mass is 9.93. The van der Waals surface area contributed by atoms with Gasteiger partial charge in [0.1, 0.15) is 0 Å². The summed E-state index contributed by atoms with van der Waals surface area (Å²) in [7, 11) is 3.90. The highest BCUT2D eigenvalue weighted by atomic mass is 16.1. The van der Waals surface area contributed by atoms with Crippen LogP contribution in [0.4, 0.5) is 0 Å². The third-order valence-corrected chi connectivity index (χ3v) is 3.10. The highest BCUT2D eigenvalue weighted by Crippen LogP contribution is 2.22. The van der Waals surface area contributed by atoms with Crippen LogP contribution >= 0.6 is 0 Å². The van der Waals surface area contributed by atoms with E-state index in [-0.39, 0.29) is 5.78 Å². The van der Waals surface area contributed by atoms with Crippen molar-refractivity contribution >= 4 is 5.78 Å². The SMILES string of the molecule is CNCC(=O)c1cccc2c1CN(C)CC2. The normalized spacial score (nSPS) is 15.9.